The van der Waals surface area contributed by atoms with Crippen molar-refractivity contribution in [3.05, 3.63) is 29.8 Å². The monoisotopic (exact) mass is 223 g/mol. The van der Waals surface area contributed by atoms with Crippen molar-refractivity contribution in [3.8, 4) is 5.75 Å². The second-order valence-electron chi connectivity index (χ2n) is 4.18. The summed E-state index contributed by atoms with van der Waals surface area (Å²) in [5, 5.41) is 8.91. The number of aliphatic hydroxyl groups is 1. The molecule has 3 nitrogen and oxygen atoms in total. The molecule has 1 aromatic rings. The molecule has 1 rings (SSSR count). The summed E-state index contributed by atoms with van der Waals surface area (Å²) in [4.78, 5) is 0. The first-order valence-electron chi connectivity index (χ1n) is 5.76. The lowest BCUT2D eigenvalue weighted by atomic mass is 10.1. The molecule has 16 heavy (non-hydrogen) atoms. The van der Waals surface area contributed by atoms with E-state index in [2.05, 4.69) is 13.8 Å². The molecule has 0 saturated carbocycles. The lowest BCUT2D eigenvalue weighted by molar-refractivity contribution is 0.255. The third kappa shape index (κ3) is 3.83. The molecule has 3 heteroatoms. The predicted molar refractivity (Wildman–Crippen MR) is 65.4 cm³/mol. The van der Waals surface area contributed by atoms with Gasteiger partial charge in [-0.25, -0.2) is 0 Å². The van der Waals surface area contributed by atoms with Gasteiger partial charge in [0.2, 0.25) is 0 Å². The molecule has 0 amide bonds. The first-order valence-corrected chi connectivity index (χ1v) is 5.76. The number of aliphatic hydroxyl groups excluding tert-OH is 1. The van der Waals surface area contributed by atoms with Gasteiger partial charge in [-0.1, -0.05) is 32.4 Å². The maximum atomic E-state index is 8.91. The van der Waals surface area contributed by atoms with Gasteiger partial charge in [-0.15, -0.1) is 0 Å². The highest BCUT2D eigenvalue weighted by Gasteiger charge is 2.04. The highest BCUT2D eigenvalue weighted by molar-refractivity contribution is 5.29. The third-order valence-electron chi connectivity index (χ3n) is 2.74. The van der Waals surface area contributed by atoms with Gasteiger partial charge in [-0.05, 0) is 23.6 Å². The number of hydrogen-bond donors (Lipinski definition) is 2. The molecule has 1 aromatic carbocycles. The molecule has 0 aromatic heterocycles. The fourth-order valence-corrected chi connectivity index (χ4v) is 1.27. The molecule has 0 aliphatic carbocycles. The lowest BCUT2D eigenvalue weighted by Gasteiger charge is -2.12. The topological polar surface area (TPSA) is 55.5 Å². The molecule has 90 valence electrons. The Balaban J connectivity index is 2.51. The minimum atomic E-state index is -0.302. The Morgan fingerprint density at radius 2 is 1.94 bits per heavy atom. The van der Waals surface area contributed by atoms with Crippen LogP contribution in [0.15, 0.2) is 24.3 Å². The number of rotatable bonds is 6. The standard InChI is InChI=1S/C13H21NO2/c1-3-10(2)9-16-12-6-4-11(5-7-12)13(14)8-15/h4-7,10,13,15H,3,8-9,14H2,1-2H3/t10-,13?/m0/s1. The Hall–Kier alpha value is -1.06. The van der Waals surface area contributed by atoms with Crippen LogP contribution in [0.25, 0.3) is 0 Å². The summed E-state index contributed by atoms with van der Waals surface area (Å²) < 4.78 is 5.62. The van der Waals surface area contributed by atoms with Crippen molar-refractivity contribution < 1.29 is 9.84 Å². The first kappa shape index (κ1) is 13.0. The molecular weight excluding hydrogens is 202 g/mol. The Kier molecular flexibility index (Phi) is 5.29. The fraction of sp³-hybridized carbons (Fsp3) is 0.538. The van der Waals surface area contributed by atoms with Crippen LogP contribution in [0.3, 0.4) is 0 Å². The van der Waals surface area contributed by atoms with E-state index >= 15 is 0 Å². The zero-order chi connectivity index (χ0) is 12.0. The summed E-state index contributed by atoms with van der Waals surface area (Å²) in [6.07, 6.45) is 1.12. The SMILES string of the molecule is CC[C@H](C)COc1ccc(C(N)CO)cc1. The zero-order valence-corrected chi connectivity index (χ0v) is 10.0. The molecule has 0 aliphatic rings. The van der Waals surface area contributed by atoms with Crippen molar-refractivity contribution >= 4 is 0 Å². The van der Waals surface area contributed by atoms with Gasteiger partial charge in [-0.2, -0.15) is 0 Å². The largest absolute Gasteiger partial charge is 0.493 e. The molecule has 0 fully saturated rings. The van der Waals surface area contributed by atoms with Crippen LogP contribution >= 0.6 is 0 Å². The van der Waals surface area contributed by atoms with Crippen molar-refractivity contribution in [2.75, 3.05) is 13.2 Å². The minimum absolute atomic E-state index is 0.0347. The van der Waals surface area contributed by atoms with E-state index in [1.807, 2.05) is 24.3 Å². The molecule has 0 radical (unpaired) electrons. The summed E-state index contributed by atoms with van der Waals surface area (Å²) in [5.41, 5.74) is 6.63. The maximum Gasteiger partial charge on any atom is 0.119 e. The van der Waals surface area contributed by atoms with Crippen LogP contribution in [-0.2, 0) is 0 Å². The summed E-state index contributed by atoms with van der Waals surface area (Å²) in [6.45, 7) is 5.02. The fourth-order valence-electron chi connectivity index (χ4n) is 1.27. The lowest BCUT2D eigenvalue weighted by Crippen LogP contribution is -2.14. The van der Waals surface area contributed by atoms with Gasteiger partial charge >= 0.3 is 0 Å². The second kappa shape index (κ2) is 6.51. The first-order chi connectivity index (χ1) is 7.67. The molecule has 0 aliphatic heterocycles. The average molecular weight is 223 g/mol. The van der Waals surface area contributed by atoms with Crippen LogP contribution in [0, 0.1) is 5.92 Å². The van der Waals surface area contributed by atoms with E-state index in [1.165, 1.54) is 0 Å². The summed E-state index contributed by atoms with van der Waals surface area (Å²) in [6, 6.07) is 7.28. The summed E-state index contributed by atoms with van der Waals surface area (Å²) in [5.74, 6) is 1.42. The number of benzene rings is 1. The van der Waals surface area contributed by atoms with Crippen LogP contribution in [-0.4, -0.2) is 18.3 Å². The van der Waals surface area contributed by atoms with Crippen molar-refractivity contribution in [2.45, 2.75) is 26.3 Å². The van der Waals surface area contributed by atoms with Gasteiger partial charge in [0.25, 0.3) is 0 Å². The van der Waals surface area contributed by atoms with Crippen LogP contribution in [0.1, 0.15) is 31.9 Å². The van der Waals surface area contributed by atoms with E-state index in [0.717, 1.165) is 24.3 Å². The predicted octanol–water partition coefficient (Wildman–Crippen LogP) is 2.10. The minimum Gasteiger partial charge on any atom is -0.493 e. The van der Waals surface area contributed by atoms with Gasteiger partial charge in [-0.3, -0.25) is 0 Å². The maximum absolute atomic E-state index is 8.91. The van der Waals surface area contributed by atoms with Crippen molar-refractivity contribution in [1.82, 2.24) is 0 Å². The van der Waals surface area contributed by atoms with E-state index in [9.17, 15) is 0 Å². The van der Waals surface area contributed by atoms with E-state index in [0.29, 0.717) is 5.92 Å². The van der Waals surface area contributed by atoms with E-state index < -0.39 is 0 Å². The number of nitrogens with two attached hydrogens (primary N) is 1. The molecule has 0 saturated heterocycles. The van der Waals surface area contributed by atoms with Crippen molar-refractivity contribution in [1.29, 1.82) is 0 Å². The summed E-state index contributed by atoms with van der Waals surface area (Å²) in [7, 11) is 0. The Bertz CT molecular complexity index is 297. The molecule has 0 heterocycles. The summed E-state index contributed by atoms with van der Waals surface area (Å²) >= 11 is 0. The third-order valence-corrected chi connectivity index (χ3v) is 2.74. The molecular formula is C13H21NO2. The van der Waals surface area contributed by atoms with Gasteiger partial charge in [0.15, 0.2) is 0 Å². The van der Waals surface area contributed by atoms with E-state index in [4.69, 9.17) is 15.6 Å². The van der Waals surface area contributed by atoms with Crippen LogP contribution < -0.4 is 10.5 Å². The second-order valence-corrected chi connectivity index (χ2v) is 4.18. The zero-order valence-electron chi connectivity index (χ0n) is 10.0. The van der Waals surface area contributed by atoms with Crippen molar-refractivity contribution in [2.24, 2.45) is 11.7 Å². The van der Waals surface area contributed by atoms with Gasteiger partial charge in [0, 0.05) is 0 Å². The van der Waals surface area contributed by atoms with E-state index in [-0.39, 0.29) is 12.6 Å². The van der Waals surface area contributed by atoms with E-state index in [1.54, 1.807) is 0 Å². The van der Waals surface area contributed by atoms with Crippen LogP contribution in [0.2, 0.25) is 0 Å². The Morgan fingerprint density at radius 1 is 1.31 bits per heavy atom. The van der Waals surface area contributed by atoms with Gasteiger partial charge < -0.3 is 15.6 Å². The Morgan fingerprint density at radius 3 is 2.44 bits per heavy atom. The Labute approximate surface area is 97.2 Å². The molecule has 0 spiro atoms. The van der Waals surface area contributed by atoms with Crippen LogP contribution in [0.5, 0.6) is 5.75 Å². The molecule has 0 bridgehead atoms. The smallest absolute Gasteiger partial charge is 0.119 e. The van der Waals surface area contributed by atoms with Crippen molar-refractivity contribution in [3.63, 3.8) is 0 Å². The molecule has 1 unspecified atom stereocenters. The molecule has 2 atom stereocenters. The number of hydrogen-bond acceptors (Lipinski definition) is 3. The number of ether oxygens (including phenoxy) is 1. The van der Waals surface area contributed by atoms with Gasteiger partial charge in [0.1, 0.15) is 5.75 Å². The normalized spacial score (nSPS) is 14.5. The average Bonchev–Trinajstić information content (AvgIpc) is 2.35. The highest BCUT2D eigenvalue weighted by Crippen LogP contribution is 2.17. The van der Waals surface area contributed by atoms with Gasteiger partial charge in [0.05, 0.1) is 19.3 Å². The highest BCUT2D eigenvalue weighted by atomic mass is 16.5. The van der Waals surface area contributed by atoms with Crippen LogP contribution in [0.4, 0.5) is 0 Å². The molecule has 3 N–H and O–H groups in total. The quantitative estimate of drug-likeness (QED) is 0.776.